The van der Waals surface area contributed by atoms with Gasteiger partial charge in [0.1, 0.15) is 5.58 Å². The van der Waals surface area contributed by atoms with Crippen LogP contribution in [-0.2, 0) is 0 Å². The van der Waals surface area contributed by atoms with Crippen LogP contribution >= 0.6 is 11.6 Å². The van der Waals surface area contributed by atoms with Crippen LogP contribution in [0.4, 0.5) is 0 Å². The molecule has 0 aliphatic heterocycles. The lowest BCUT2D eigenvalue weighted by Crippen LogP contribution is -2.16. The van der Waals surface area contributed by atoms with E-state index in [9.17, 15) is 4.79 Å². The lowest BCUT2D eigenvalue weighted by atomic mass is 9.92. The number of carbonyl (C=O) groups is 1. The van der Waals surface area contributed by atoms with Crippen molar-refractivity contribution in [2.45, 2.75) is 20.8 Å². The molecular formula is C14H15ClO2. The van der Waals surface area contributed by atoms with Crippen LogP contribution in [0.1, 0.15) is 31.3 Å². The molecule has 3 heteroatoms. The second kappa shape index (κ2) is 4.53. The minimum Gasteiger partial charge on any atom is -0.453 e. The molecule has 0 bridgehead atoms. The molecule has 0 saturated heterocycles. The minimum absolute atomic E-state index is 0.0361. The predicted molar refractivity (Wildman–Crippen MR) is 69.6 cm³/mol. The molecule has 1 aromatic carbocycles. The van der Waals surface area contributed by atoms with E-state index in [0.29, 0.717) is 22.3 Å². The van der Waals surface area contributed by atoms with E-state index in [-0.39, 0.29) is 11.7 Å². The molecule has 17 heavy (non-hydrogen) atoms. The SMILES string of the molecule is CC(C)C(C)C(=O)c1cc2cc(Cl)ccc2o1. The number of Topliss-reactive ketones (excluding diaryl/α,β-unsaturated/α-hetero) is 1. The number of fused-ring (bicyclic) bond motifs is 1. The summed E-state index contributed by atoms with van der Waals surface area (Å²) in [5.41, 5.74) is 0.703. The average Bonchev–Trinajstić information content (AvgIpc) is 2.69. The van der Waals surface area contributed by atoms with Gasteiger partial charge in [-0.3, -0.25) is 4.79 Å². The summed E-state index contributed by atoms with van der Waals surface area (Å²) in [4.78, 5) is 12.1. The Kier molecular flexibility index (Phi) is 3.25. The fraction of sp³-hybridized carbons (Fsp3) is 0.357. The normalized spacial score (nSPS) is 13.2. The van der Waals surface area contributed by atoms with Crippen LogP contribution in [0.3, 0.4) is 0 Å². The summed E-state index contributed by atoms with van der Waals surface area (Å²) < 4.78 is 5.55. The highest BCUT2D eigenvalue weighted by molar-refractivity contribution is 6.31. The van der Waals surface area contributed by atoms with Crippen molar-refractivity contribution in [2.75, 3.05) is 0 Å². The molecule has 2 aromatic rings. The summed E-state index contributed by atoms with van der Waals surface area (Å²) >= 11 is 5.89. The molecule has 0 spiro atoms. The number of benzene rings is 1. The third-order valence-corrected chi connectivity index (χ3v) is 3.37. The summed E-state index contributed by atoms with van der Waals surface area (Å²) in [6.45, 7) is 5.98. The monoisotopic (exact) mass is 250 g/mol. The van der Waals surface area contributed by atoms with E-state index >= 15 is 0 Å². The smallest absolute Gasteiger partial charge is 0.201 e. The molecule has 1 aromatic heterocycles. The van der Waals surface area contributed by atoms with Gasteiger partial charge in [0.05, 0.1) is 0 Å². The molecule has 0 radical (unpaired) electrons. The summed E-state index contributed by atoms with van der Waals surface area (Å²) in [6, 6.07) is 7.11. The third kappa shape index (κ3) is 2.37. The topological polar surface area (TPSA) is 30.2 Å². The number of carbonyl (C=O) groups excluding carboxylic acids is 1. The van der Waals surface area contributed by atoms with Crippen molar-refractivity contribution in [3.63, 3.8) is 0 Å². The fourth-order valence-corrected chi connectivity index (χ4v) is 1.84. The highest BCUT2D eigenvalue weighted by Gasteiger charge is 2.21. The number of ketones is 1. The molecule has 1 heterocycles. The first-order valence-corrected chi connectivity index (χ1v) is 6.10. The van der Waals surface area contributed by atoms with Gasteiger partial charge in [-0.05, 0) is 30.2 Å². The summed E-state index contributed by atoms with van der Waals surface area (Å²) in [7, 11) is 0. The van der Waals surface area contributed by atoms with Crippen LogP contribution in [0, 0.1) is 11.8 Å². The second-order valence-electron chi connectivity index (χ2n) is 4.69. The maximum absolute atomic E-state index is 12.1. The van der Waals surface area contributed by atoms with E-state index in [1.165, 1.54) is 0 Å². The lowest BCUT2D eigenvalue weighted by Gasteiger charge is -2.11. The van der Waals surface area contributed by atoms with Crippen molar-refractivity contribution in [1.82, 2.24) is 0 Å². The quantitative estimate of drug-likeness (QED) is 0.748. The Morgan fingerprint density at radius 3 is 2.59 bits per heavy atom. The van der Waals surface area contributed by atoms with E-state index in [2.05, 4.69) is 0 Å². The zero-order chi connectivity index (χ0) is 12.6. The van der Waals surface area contributed by atoms with Crippen molar-refractivity contribution in [2.24, 2.45) is 11.8 Å². The first kappa shape index (κ1) is 12.2. The maximum Gasteiger partial charge on any atom is 0.201 e. The van der Waals surface area contributed by atoms with Gasteiger partial charge in [-0.15, -0.1) is 0 Å². The number of hydrogen-bond donors (Lipinski definition) is 0. The zero-order valence-electron chi connectivity index (χ0n) is 10.2. The van der Waals surface area contributed by atoms with E-state index in [1.807, 2.05) is 20.8 Å². The first-order valence-electron chi connectivity index (χ1n) is 5.72. The van der Waals surface area contributed by atoms with Crippen LogP contribution in [0.15, 0.2) is 28.7 Å². The maximum atomic E-state index is 12.1. The van der Waals surface area contributed by atoms with Crippen molar-refractivity contribution in [1.29, 1.82) is 0 Å². The second-order valence-corrected chi connectivity index (χ2v) is 5.13. The van der Waals surface area contributed by atoms with Crippen LogP contribution in [0.25, 0.3) is 11.0 Å². The molecule has 1 unspecified atom stereocenters. The molecule has 2 rings (SSSR count). The van der Waals surface area contributed by atoms with Gasteiger partial charge in [0.15, 0.2) is 5.76 Å². The van der Waals surface area contributed by atoms with Crippen LogP contribution in [0.2, 0.25) is 5.02 Å². The molecule has 0 saturated carbocycles. The van der Waals surface area contributed by atoms with Crippen molar-refractivity contribution < 1.29 is 9.21 Å². The highest BCUT2D eigenvalue weighted by Crippen LogP contribution is 2.26. The van der Waals surface area contributed by atoms with Crippen LogP contribution in [0.5, 0.6) is 0 Å². The number of halogens is 1. The molecule has 2 nitrogen and oxygen atoms in total. The van der Waals surface area contributed by atoms with Crippen molar-refractivity contribution in [3.8, 4) is 0 Å². The Morgan fingerprint density at radius 1 is 1.24 bits per heavy atom. The summed E-state index contributed by atoms with van der Waals surface area (Å²) in [6.07, 6.45) is 0. The van der Waals surface area contributed by atoms with Gasteiger partial charge in [-0.2, -0.15) is 0 Å². The molecule has 90 valence electrons. The Labute approximate surface area is 106 Å². The summed E-state index contributed by atoms with van der Waals surface area (Å²) in [5.74, 6) is 0.737. The van der Waals surface area contributed by atoms with Gasteiger partial charge < -0.3 is 4.42 Å². The van der Waals surface area contributed by atoms with E-state index in [1.54, 1.807) is 24.3 Å². The van der Waals surface area contributed by atoms with Gasteiger partial charge in [0, 0.05) is 16.3 Å². The van der Waals surface area contributed by atoms with Crippen molar-refractivity contribution in [3.05, 3.63) is 35.0 Å². The van der Waals surface area contributed by atoms with E-state index in [0.717, 1.165) is 5.39 Å². The third-order valence-electron chi connectivity index (χ3n) is 3.13. The van der Waals surface area contributed by atoms with E-state index < -0.39 is 0 Å². The Balaban J connectivity index is 2.40. The Hall–Kier alpha value is -1.28. The minimum atomic E-state index is -0.0361. The lowest BCUT2D eigenvalue weighted by molar-refractivity contribution is 0.0873. The molecular weight excluding hydrogens is 236 g/mol. The van der Waals surface area contributed by atoms with E-state index in [4.69, 9.17) is 16.0 Å². The number of hydrogen-bond acceptors (Lipinski definition) is 2. The molecule has 0 aliphatic rings. The number of rotatable bonds is 3. The van der Waals surface area contributed by atoms with Gasteiger partial charge >= 0.3 is 0 Å². The fourth-order valence-electron chi connectivity index (χ4n) is 1.66. The van der Waals surface area contributed by atoms with Crippen LogP contribution < -0.4 is 0 Å². The molecule has 1 atom stereocenters. The Bertz CT molecular complexity index is 554. The largest absolute Gasteiger partial charge is 0.453 e. The average molecular weight is 251 g/mol. The van der Waals surface area contributed by atoms with Gasteiger partial charge in [0.2, 0.25) is 5.78 Å². The van der Waals surface area contributed by atoms with Gasteiger partial charge in [-0.25, -0.2) is 0 Å². The van der Waals surface area contributed by atoms with Crippen LogP contribution in [-0.4, -0.2) is 5.78 Å². The molecule has 0 amide bonds. The molecule has 0 fully saturated rings. The molecule has 0 N–H and O–H groups in total. The number of furan rings is 1. The van der Waals surface area contributed by atoms with Crippen molar-refractivity contribution >= 4 is 28.4 Å². The zero-order valence-corrected chi connectivity index (χ0v) is 10.9. The highest BCUT2D eigenvalue weighted by atomic mass is 35.5. The summed E-state index contributed by atoms with van der Waals surface area (Å²) in [5, 5.41) is 1.52. The Morgan fingerprint density at radius 2 is 1.94 bits per heavy atom. The van der Waals surface area contributed by atoms with Gasteiger partial charge in [0.25, 0.3) is 0 Å². The first-order chi connectivity index (χ1) is 7.99. The van der Waals surface area contributed by atoms with Gasteiger partial charge in [-0.1, -0.05) is 32.4 Å². The standard InChI is InChI=1S/C14H15ClO2/c1-8(2)9(3)14(16)13-7-10-6-11(15)4-5-12(10)17-13/h4-9H,1-3H3. The molecule has 0 aliphatic carbocycles. The predicted octanol–water partition coefficient (Wildman–Crippen LogP) is 4.56.